The van der Waals surface area contributed by atoms with Crippen LogP contribution in [0.1, 0.15) is 59.3 Å². The molecular formula is C16H22O2. The molecule has 0 N–H and O–H groups in total. The summed E-state index contributed by atoms with van der Waals surface area (Å²) in [5, 5.41) is 0. The van der Waals surface area contributed by atoms with Gasteiger partial charge in [-0.1, -0.05) is 25.3 Å². The second-order valence-electron chi connectivity index (χ2n) is 5.65. The van der Waals surface area contributed by atoms with E-state index in [1.165, 1.54) is 12.8 Å². The molecule has 0 atom stereocenters. The predicted molar refractivity (Wildman–Crippen MR) is 72.3 cm³/mol. The normalized spacial score (nSPS) is 22.6. The van der Waals surface area contributed by atoms with Gasteiger partial charge in [-0.3, -0.25) is 9.59 Å². The number of Topliss-reactive ketones (excluding diaryl/α,β-unsaturated/α-hetero) is 1. The van der Waals surface area contributed by atoms with E-state index in [4.69, 9.17) is 0 Å². The van der Waals surface area contributed by atoms with Crippen LogP contribution < -0.4 is 0 Å². The third-order valence-corrected chi connectivity index (χ3v) is 4.65. The van der Waals surface area contributed by atoms with Gasteiger partial charge in [-0.2, -0.15) is 0 Å². The van der Waals surface area contributed by atoms with Crippen molar-refractivity contribution in [1.29, 1.82) is 0 Å². The number of carbonyl (C=O) groups excluding carboxylic acids is 2. The molecular weight excluding hydrogens is 224 g/mol. The lowest BCUT2D eigenvalue weighted by atomic mass is 9.67. The summed E-state index contributed by atoms with van der Waals surface area (Å²) in [6, 6.07) is 0. The van der Waals surface area contributed by atoms with Gasteiger partial charge in [0.1, 0.15) is 0 Å². The largest absolute Gasteiger partial charge is 0.294 e. The van der Waals surface area contributed by atoms with Crippen LogP contribution in [0.25, 0.3) is 0 Å². The summed E-state index contributed by atoms with van der Waals surface area (Å²) >= 11 is 0. The monoisotopic (exact) mass is 246 g/mol. The van der Waals surface area contributed by atoms with Crippen LogP contribution in [0.4, 0.5) is 0 Å². The van der Waals surface area contributed by atoms with E-state index >= 15 is 0 Å². The topological polar surface area (TPSA) is 34.1 Å². The molecule has 1 saturated carbocycles. The number of ketones is 2. The summed E-state index contributed by atoms with van der Waals surface area (Å²) in [7, 11) is 0. The summed E-state index contributed by atoms with van der Waals surface area (Å²) in [6.45, 7) is 6.03. The molecule has 0 saturated heterocycles. The van der Waals surface area contributed by atoms with E-state index in [-0.39, 0.29) is 17.0 Å². The fraction of sp³-hybridized carbons (Fsp3) is 0.625. The van der Waals surface area contributed by atoms with E-state index in [0.29, 0.717) is 12.0 Å². The molecule has 1 spiro atoms. The lowest BCUT2D eigenvalue weighted by Gasteiger charge is -2.36. The molecule has 18 heavy (non-hydrogen) atoms. The molecule has 0 aromatic rings. The molecule has 2 rings (SSSR count). The first-order valence-corrected chi connectivity index (χ1v) is 7.00. The van der Waals surface area contributed by atoms with Crippen molar-refractivity contribution < 1.29 is 9.59 Å². The minimum Gasteiger partial charge on any atom is -0.294 e. The van der Waals surface area contributed by atoms with Gasteiger partial charge in [0, 0.05) is 11.8 Å². The molecule has 0 aromatic heterocycles. The third-order valence-electron chi connectivity index (χ3n) is 4.65. The molecule has 0 bridgehead atoms. The molecule has 0 amide bonds. The summed E-state index contributed by atoms with van der Waals surface area (Å²) in [5.74, 6) is -0.0315. The molecule has 1 fully saturated rings. The van der Waals surface area contributed by atoms with E-state index in [1.54, 1.807) is 6.08 Å². The van der Waals surface area contributed by atoms with Crippen LogP contribution in [0.5, 0.6) is 0 Å². The van der Waals surface area contributed by atoms with Crippen LogP contribution in [-0.2, 0) is 9.59 Å². The maximum Gasteiger partial charge on any atom is 0.189 e. The van der Waals surface area contributed by atoms with Gasteiger partial charge in [-0.05, 0) is 44.8 Å². The Hall–Kier alpha value is -1.18. The van der Waals surface area contributed by atoms with Gasteiger partial charge in [0.2, 0.25) is 0 Å². The van der Waals surface area contributed by atoms with Crippen LogP contribution in [-0.4, -0.2) is 11.6 Å². The Bertz CT molecular complexity index is 446. The maximum absolute atomic E-state index is 12.2. The minimum absolute atomic E-state index is 0.0205. The van der Waals surface area contributed by atoms with Gasteiger partial charge in [-0.15, -0.1) is 0 Å². The van der Waals surface area contributed by atoms with Crippen molar-refractivity contribution in [2.45, 2.75) is 59.3 Å². The lowest BCUT2D eigenvalue weighted by molar-refractivity contribution is -0.119. The highest BCUT2D eigenvalue weighted by atomic mass is 16.1. The maximum atomic E-state index is 12.2. The van der Waals surface area contributed by atoms with Gasteiger partial charge >= 0.3 is 0 Å². The smallest absolute Gasteiger partial charge is 0.189 e. The first-order chi connectivity index (χ1) is 8.53. The zero-order valence-electron chi connectivity index (χ0n) is 11.6. The Labute approximate surface area is 109 Å². The fourth-order valence-corrected chi connectivity index (χ4v) is 3.57. The zero-order valence-corrected chi connectivity index (χ0v) is 11.6. The average molecular weight is 246 g/mol. The SMILES string of the molecule is CCCC(=O)C1=C(C)C2(CCCC2)C(C)=CC1=O. The molecule has 0 aromatic carbocycles. The van der Waals surface area contributed by atoms with E-state index < -0.39 is 0 Å². The van der Waals surface area contributed by atoms with Gasteiger partial charge in [-0.25, -0.2) is 0 Å². The van der Waals surface area contributed by atoms with Gasteiger partial charge in [0.15, 0.2) is 11.6 Å². The molecule has 0 unspecified atom stereocenters. The molecule has 0 aliphatic heterocycles. The number of hydrogen-bond donors (Lipinski definition) is 0. The quantitative estimate of drug-likeness (QED) is 0.710. The molecule has 98 valence electrons. The van der Waals surface area contributed by atoms with Gasteiger partial charge < -0.3 is 0 Å². The molecule has 2 aliphatic carbocycles. The van der Waals surface area contributed by atoms with E-state index in [9.17, 15) is 9.59 Å². The van der Waals surface area contributed by atoms with Crippen LogP contribution in [0.15, 0.2) is 22.8 Å². The summed E-state index contributed by atoms with van der Waals surface area (Å²) < 4.78 is 0. The third kappa shape index (κ3) is 1.88. The summed E-state index contributed by atoms with van der Waals surface area (Å²) in [4.78, 5) is 24.3. The second kappa shape index (κ2) is 4.83. The Balaban J connectivity index is 2.46. The fourth-order valence-electron chi connectivity index (χ4n) is 3.57. The average Bonchev–Trinajstić information content (AvgIpc) is 2.77. The van der Waals surface area contributed by atoms with Crippen LogP contribution in [0, 0.1) is 5.41 Å². The summed E-state index contributed by atoms with van der Waals surface area (Å²) in [6.07, 6.45) is 7.59. The highest BCUT2D eigenvalue weighted by Gasteiger charge is 2.42. The van der Waals surface area contributed by atoms with Crippen LogP contribution in [0.3, 0.4) is 0 Å². The van der Waals surface area contributed by atoms with E-state index in [0.717, 1.165) is 30.4 Å². The predicted octanol–water partition coefficient (Wildman–Crippen LogP) is 3.76. The van der Waals surface area contributed by atoms with Crippen molar-refractivity contribution >= 4 is 11.6 Å². The molecule has 2 aliphatic rings. The Kier molecular flexibility index (Phi) is 3.56. The van der Waals surface area contributed by atoms with Gasteiger partial charge in [0.25, 0.3) is 0 Å². The Morgan fingerprint density at radius 3 is 2.44 bits per heavy atom. The standard InChI is InChI=1S/C16H22O2/c1-4-7-13(17)15-12(3)16(8-5-6-9-16)11(2)10-14(15)18/h10H,4-9H2,1-3H3. The second-order valence-corrected chi connectivity index (χ2v) is 5.65. The van der Waals surface area contributed by atoms with Crippen molar-refractivity contribution in [3.8, 4) is 0 Å². The summed E-state index contributed by atoms with van der Waals surface area (Å²) in [5.41, 5.74) is 2.72. The number of hydrogen-bond acceptors (Lipinski definition) is 2. The van der Waals surface area contributed by atoms with Crippen molar-refractivity contribution in [3.63, 3.8) is 0 Å². The van der Waals surface area contributed by atoms with Crippen molar-refractivity contribution in [2.75, 3.05) is 0 Å². The van der Waals surface area contributed by atoms with Crippen LogP contribution in [0.2, 0.25) is 0 Å². The van der Waals surface area contributed by atoms with Crippen molar-refractivity contribution in [2.24, 2.45) is 5.41 Å². The Morgan fingerprint density at radius 1 is 1.28 bits per heavy atom. The zero-order chi connectivity index (χ0) is 13.3. The van der Waals surface area contributed by atoms with Crippen molar-refractivity contribution in [1.82, 2.24) is 0 Å². The molecule has 2 nitrogen and oxygen atoms in total. The first-order valence-electron chi connectivity index (χ1n) is 7.00. The lowest BCUT2D eigenvalue weighted by Crippen LogP contribution is -2.30. The molecule has 2 heteroatoms. The molecule has 0 heterocycles. The van der Waals surface area contributed by atoms with E-state index in [2.05, 4.69) is 0 Å². The minimum atomic E-state index is -0.0685. The highest BCUT2D eigenvalue weighted by molar-refractivity contribution is 6.25. The van der Waals surface area contributed by atoms with Crippen LogP contribution >= 0.6 is 0 Å². The highest BCUT2D eigenvalue weighted by Crippen LogP contribution is 2.52. The van der Waals surface area contributed by atoms with E-state index in [1.807, 2.05) is 20.8 Å². The molecule has 0 radical (unpaired) electrons. The number of rotatable bonds is 3. The number of carbonyl (C=O) groups is 2. The van der Waals surface area contributed by atoms with Crippen molar-refractivity contribution in [3.05, 3.63) is 22.8 Å². The van der Waals surface area contributed by atoms with Gasteiger partial charge in [0.05, 0.1) is 5.57 Å². The number of allylic oxidation sites excluding steroid dienone is 4. The Morgan fingerprint density at radius 2 is 1.89 bits per heavy atom. The first kappa shape index (κ1) is 13.3.